The van der Waals surface area contributed by atoms with Gasteiger partial charge in [0.05, 0.1) is 23.2 Å². The summed E-state index contributed by atoms with van der Waals surface area (Å²) < 4.78 is 30.9. The first-order chi connectivity index (χ1) is 13.7. The Kier molecular flexibility index (Phi) is 4.81. The number of nitrogens with zero attached hydrogens (tertiary/aromatic N) is 2. The molecule has 1 fully saturated rings. The molecule has 154 valence electrons. The second-order valence-electron chi connectivity index (χ2n) is 7.48. The maximum atomic E-state index is 12.5. The summed E-state index contributed by atoms with van der Waals surface area (Å²) >= 11 is 0. The van der Waals surface area contributed by atoms with Gasteiger partial charge in [-0.05, 0) is 31.0 Å². The lowest BCUT2D eigenvalue weighted by molar-refractivity contribution is -0.120. The molecule has 2 atom stereocenters. The molecule has 0 aliphatic carbocycles. The summed E-state index contributed by atoms with van der Waals surface area (Å²) in [6, 6.07) is 6.90. The Bertz CT molecular complexity index is 1090. The van der Waals surface area contributed by atoms with Gasteiger partial charge in [-0.25, -0.2) is 13.1 Å². The highest BCUT2D eigenvalue weighted by molar-refractivity contribution is 7.91. The third-order valence-corrected chi connectivity index (χ3v) is 7.07. The number of anilines is 1. The molecule has 29 heavy (non-hydrogen) atoms. The molecule has 1 aromatic heterocycles. The van der Waals surface area contributed by atoms with Crippen LogP contribution in [0.3, 0.4) is 0 Å². The summed E-state index contributed by atoms with van der Waals surface area (Å²) in [4.78, 5) is 23.4. The number of sulfone groups is 1. The number of aryl methyl sites for hydroxylation is 1. The minimum atomic E-state index is -3.09. The Balaban J connectivity index is 1.71. The van der Waals surface area contributed by atoms with Crippen LogP contribution in [0.4, 0.5) is 5.82 Å². The molecule has 0 unspecified atom stereocenters. The fraction of sp³-hybridized carbons (Fsp3) is 0.421. The SMILES string of the molecule is Cc1nn([C@@H]2CCS(=O)(=O)C2)c2c1[C@H](c1cccc(OCC(N)=O)c1)CC(=O)N2. The third kappa shape index (κ3) is 3.84. The summed E-state index contributed by atoms with van der Waals surface area (Å²) in [6.45, 7) is 1.63. The van der Waals surface area contributed by atoms with Gasteiger partial charge in [0.1, 0.15) is 11.6 Å². The van der Waals surface area contributed by atoms with E-state index in [-0.39, 0.29) is 42.4 Å². The van der Waals surface area contributed by atoms with Crippen molar-refractivity contribution in [3.63, 3.8) is 0 Å². The van der Waals surface area contributed by atoms with E-state index in [4.69, 9.17) is 10.5 Å². The number of hydrogen-bond donors (Lipinski definition) is 2. The van der Waals surface area contributed by atoms with E-state index in [0.717, 1.165) is 16.8 Å². The molecular weight excluding hydrogens is 396 g/mol. The summed E-state index contributed by atoms with van der Waals surface area (Å²) in [5.74, 6) is 0.225. The third-order valence-electron chi connectivity index (χ3n) is 5.32. The van der Waals surface area contributed by atoms with Crippen molar-refractivity contribution < 1.29 is 22.7 Å². The number of carbonyl (C=O) groups is 2. The van der Waals surface area contributed by atoms with Gasteiger partial charge in [-0.1, -0.05) is 12.1 Å². The first kappa shape index (κ1) is 19.4. The van der Waals surface area contributed by atoms with Crippen molar-refractivity contribution in [1.82, 2.24) is 9.78 Å². The average molecular weight is 418 g/mol. The lowest BCUT2D eigenvalue weighted by atomic mass is 9.85. The predicted molar refractivity (Wildman–Crippen MR) is 105 cm³/mol. The van der Waals surface area contributed by atoms with Crippen molar-refractivity contribution >= 4 is 27.5 Å². The van der Waals surface area contributed by atoms with Crippen molar-refractivity contribution in [2.24, 2.45) is 5.73 Å². The number of nitrogens with two attached hydrogens (primary N) is 1. The maximum Gasteiger partial charge on any atom is 0.255 e. The van der Waals surface area contributed by atoms with Crippen molar-refractivity contribution in [2.75, 3.05) is 23.4 Å². The molecule has 3 heterocycles. The summed E-state index contributed by atoms with van der Waals surface area (Å²) in [5, 5.41) is 7.46. The minimum absolute atomic E-state index is 0.0253. The number of benzene rings is 1. The van der Waals surface area contributed by atoms with Gasteiger partial charge in [0, 0.05) is 17.9 Å². The van der Waals surface area contributed by atoms with Crippen LogP contribution < -0.4 is 15.8 Å². The van der Waals surface area contributed by atoms with E-state index in [0.29, 0.717) is 18.0 Å². The number of rotatable bonds is 5. The molecule has 2 aliphatic heterocycles. The van der Waals surface area contributed by atoms with Crippen molar-refractivity contribution in [3.05, 3.63) is 41.1 Å². The smallest absolute Gasteiger partial charge is 0.255 e. The molecule has 1 aromatic carbocycles. The first-order valence-corrected chi connectivity index (χ1v) is 11.2. The molecule has 3 N–H and O–H groups in total. The Morgan fingerprint density at radius 2 is 2.21 bits per heavy atom. The average Bonchev–Trinajstić information content (AvgIpc) is 3.19. The number of fused-ring (bicyclic) bond motifs is 1. The van der Waals surface area contributed by atoms with Gasteiger partial charge in [-0.2, -0.15) is 5.10 Å². The standard InChI is InChI=1S/C19H22N4O5S/c1-11-18-15(12-3-2-4-14(7-12)28-9-16(20)24)8-17(25)21-19(18)23(22-11)13-5-6-29(26,27)10-13/h2-4,7,13,15H,5-6,8-10H2,1H3,(H2,20,24)(H,21,25)/t13-,15+/m1/s1. The van der Waals surface area contributed by atoms with Crippen LogP contribution in [-0.4, -0.2) is 48.1 Å². The van der Waals surface area contributed by atoms with Crippen molar-refractivity contribution in [3.8, 4) is 5.75 Å². The summed E-state index contributed by atoms with van der Waals surface area (Å²) in [7, 11) is -3.09. The number of ether oxygens (including phenoxy) is 1. The van der Waals surface area contributed by atoms with Crippen LogP contribution in [0.25, 0.3) is 0 Å². The zero-order chi connectivity index (χ0) is 20.8. The molecule has 0 saturated carbocycles. The molecule has 0 bridgehead atoms. The fourth-order valence-electron chi connectivity index (χ4n) is 4.07. The lowest BCUT2D eigenvalue weighted by Gasteiger charge is -2.25. The van der Waals surface area contributed by atoms with Crippen molar-refractivity contribution in [2.45, 2.75) is 31.7 Å². The number of hydrogen-bond acceptors (Lipinski definition) is 6. The van der Waals surface area contributed by atoms with Crippen LogP contribution in [-0.2, 0) is 19.4 Å². The molecule has 10 heteroatoms. The largest absolute Gasteiger partial charge is 0.484 e. The van der Waals surface area contributed by atoms with Crippen molar-refractivity contribution in [1.29, 1.82) is 0 Å². The topological polar surface area (TPSA) is 133 Å². The Hall–Kier alpha value is -2.88. The van der Waals surface area contributed by atoms with Gasteiger partial charge < -0.3 is 15.8 Å². The molecule has 2 aliphatic rings. The zero-order valence-electron chi connectivity index (χ0n) is 15.9. The van der Waals surface area contributed by atoms with Crippen LogP contribution in [0.15, 0.2) is 24.3 Å². The highest BCUT2D eigenvalue weighted by Gasteiger charge is 2.37. The van der Waals surface area contributed by atoms with E-state index >= 15 is 0 Å². The molecule has 4 rings (SSSR count). The Labute approximate surface area is 168 Å². The highest BCUT2D eigenvalue weighted by atomic mass is 32.2. The number of nitrogens with one attached hydrogen (secondary N) is 1. The monoisotopic (exact) mass is 418 g/mol. The van der Waals surface area contributed by atoms with Gasteiger partial charge in [-0.15, -0.1) is 0 Å². The molecule has 2 amide bonds. The molecular formula is C19H22N4O5S. The molecule has 0 radical (unpaired) electrons. The van der Waals surface area contributed by atoms with E-state index in [9.17, 15) is 18.0 Å². The number of amides is 2. The number of primary amides is 1. The lowest BCUT2D eigenvalue weighted by Crippen LogP contribution is -2.26. The predicted octanol–water partition coefficient (Wildman–Crippen LogP) is 0.889. The van der Waals surface area contributed by atoms with Gasteiger partial charge in [-0.3, -0.25) is 9.59 Å². The molecule has 0 spiro atoms. The van der Waals surface area contributed by atoms with E-state index in [1.54, 1.807) is 22.9 Å². The molecule has 9 nitrogen and oxygen atoms in total. The van der Waals surface area contributed by atoms with E-state index < -0.39 is 15.7 Å². The summed E-state index contributed by atoms with van der Waals surface area (Å²) in [6.07, 6.45) is 0.717. The second kappa shape index (κ2) is 7.18. The minimum Gasteiger partial charge on any atom is -0.484 e. The van der Waals surface area contributed by atoms with Gasteiger partial charge in [0.15, 0.2) is 16.4 Å². The van der Waals surface area contributed by atoms with Crippen LogP contribution in [0.1, 0.15) is 41.6 Å². The maximum absolute atomic E-state index is 12.5. The fourth-order valence-corrected chi connectivity index (χ4v) is 5.76. The van der Waals surface area contributed by atoms with E-state index in [1.807, 2.05) is 13.0 Å². The number of aromatic nitrogens is 2. The van der Waals surface area contributed by atoms with Crippen LogP contribution in [0.2, 0.25) is 0 Å². The first-order valence-electron chi connectivity index (χ1n) is 9.34. The van der Waals surface area contributed by atoms with E-state index in [2.05, 4.69) is 10.4 Å². The summed E-state index contributed by atoms with van der Waals surface area (Å²) in [5.41, 5.74) is 7.61. The Morgan fingerprint density at radius 1 is 1.41 bits per heavy atom. The zero-order valence-corrected chi connectivity index (χ0v) is 16.7. The molecule has 1 saturated heterocycles. The highest BCUT2D eigenvalue weighted by Crippen LogP contribution is 2.42. The van der Waals surface area contributed by atoms with Gasteiger partial charge in [0.2, 0.25) is 5.91 Å². The Morgan fingerprint density at radius 3 is 2.90 bits per heavy atom. The second-order valence-corrected chi connectivity index (χ2v) is 9.71. The number of carbonyl (C=O) groups excluding carboxylic acids is 2. The van der Waals surface area contributed by atoms with E-state index in [1.165, 1.54) is 0 Å². The van der Waals surface area contributed by atoms with Gasteiger partial charge in [0.25, 0.3) is 5.91 Å². The van der Waals surface area contributed by atoms with Gasteiger partial charge >= 0.3 is 0 Å². The molecule has 2 aromatic rings. The van der Waals surface area contributed by atoms with Crippen LogP contribution >= 0.6 is 0 Å². The van der Waals surface area contributed by atoms with Crippen LogP contribution in [0.5, 0.6) is 5.75 Å². The van der Waals surface area contributed by atoms with Crippen LogP contribution in [0, 0.1) is 6.92 Å². The normalized spacial score (nSPS) is 22.7. The quantitative estimate of drug-likeness (QED) is 0.741.